The summed E-state index contributed by atoms with van der Waals surface area (Å²) in [6, 6.07) is 1.83. The van der Waals surface area contributed by atoms with E-state index in [1.807, 2.05) is 207 Å². The van der Waals surface area contributed by atoms with Crippen molar-refractivity contribution in [3.8, 4) is 18.4 Å². The van der Waals surface area contributed by atoms with Crippen LogP contribution in [0.25, 0.3) is 0 Å². The van der Waals surface area contributed by atoms with Crippen molar-refractivity contribution in [2.45, 2.75) is 323 Å². The van der Waals surface area contributed by atoms with Crippen LogP contribution in [0.3, 0.4) is 0 Å². The van der Waals surface area contributed by atoms with Crippen molar-refractivity contribution in [2.24, 2.45) is 32.5 Å². The van der Waals surface area contributed by atoms with E-state index >= 15 is 0 Å². The number of esters is 4. The third-order valence-corrected chi connectivity index (χ3v) is 14.3. The molecule has 0 saturated carbocycles. The smallest absolute Gasteiger partial charge is 0.336 e. The number of aromatic nitrogens is 3. The first-order valence-corrected chi connectivity index (χ1v) is 41.6. The molecule has 0 bridgehead atoms. The number of terminal acetylenes is 1. The SMILES string of the molecule is C#CC(=C)C(O)CC(C)(C)C.C/C(F)=C/C(=O)C(C)(C)C.C/C=C/C(=O)C(C)(C)C.C=C(C#N)C(O)C(C)(C)C.C=C(C(=O)OCC)C(O)C(C)(C)C.C=C(COC(C)C)C(=O)OCC.CC(C)(C)NC(=O)c1csc(F)n1.CC(C)(C)c1cnc(F)nc1.CC(C)=CC(=O)C(C)(C)C.CCOC(=O)/C=C/COC(C)(C)C.COC(=O)/C=C/COC(C)(C)C. The van der Waals surface area contributed by atoms with Crippen LogP contribution < -0.4 is 5.32 Å². The van der Waals surface area contributed by atoms with Gasteiger partial charge in [0.05, 0.1) is 105 Å². The van der Waals surface area contributed by atoms with E-state index in [-0.39, 0.29) is 120 Å². The molecule has 0 radical (unpaired) electrons. The van der Waals surface area contributed by atoms with Gasteiger partial charge in [0.2, 0.25) is 0 Å². The number of rotatable bonds is 22. The fourth-order valence-corrected chi connectivity index (χ4v) is 7.20. The molecule has 0 aliphatic rings. The van der Waals surface area contributed by atoms with Crippen molar-refractivity contribution in [2.75, 3.05) is 46.8 Å². The second kappa shape index (κ2) is 65.9. The fourth-order valence-electron chi connectivity index (χ4n) is 6.68. The van der Waals surface area contributed by atoms with Crippen molar-refractivity contribution in [3.05, 3.63) is 149 Å². The summed E-state index contributed by atoms with van der Waals surface area (Å²) < 4.78 is 71.2. The lowest BCUT2D eigenvalue weighted by atomic mass is 9.85. The molecule has 0 saturated heterocycles. The number of nitrogens with zero attached hydrogens (tertiary/aromatic N) is 4. The second-order valence-corrected chi connectivity index (χ2v) is 39.3. The zero-order valence-electron chi connectivity index (χ0n) is 83.3. The zero-order valence-corrected chi connectivity index (χ0v) is 84.1. The fraction of sp³-hybridized carbons (Fsp3) is 0.629. The number of ether oxygens (including phenoxy) is 7. The molecular weight excluding hydrogens is 1610 g/mol. The van der Waals surface area contributed by atoms with Crippen LogP contribution in [0.1, 0.15) is 292 Å². The van der Waals surface area contributed by atoms with Gasteiger partial charge in [-0.1, -0.05) is 213 Å². The van der Waals surface area contributed by atoms with Crippen molar-refractivity contribution in [3.63, 3.8) is 0 Å². The average molecular weight is 1780 g/mol. The molecule has 1 amide bonds. The van der Waals surface area contributed by atoms with Crippen LogP contribution >= 0.6 is 11.3 Å². The molecule has 710 valence electrons. The summed E-state index contributed by atoms with van der Waals surface area (Å²) in [5, 5.41) is 40.3. The van der Waals surface area contributed by atoms with E-state index in [9.17, 15) is 66.8 Å². The molecular formula is C97H162F3N5O18S. The maximum absolute atomic E-state index is 12.4. The Balaban J connectivity index is -0.000000168. The lowest BCUT2D eigenvalue weighted by Gasteiger charge is -2.26. The second-order valence-electron chi connectivity index (χ2n) is 38.5. The minimum Gasteiger partial charge on any atom is -0.466 e. The summed E-state index contributed by atoms with van der Waals surface area (Å²) in [4.78, 5) is 98.3. The maximum Gasteiger partial charge on any atom is 0.336 e. The van der Waals surface area contributed by atoms with Gasteiger partial charge in [0.25, 0.3) is 11.2 Å². The van der Waals surface area contributed by atoms with Crippen LogP contribution in [-0.2, 0) is 72.1 Å². The molecule has 3 atom stereocenters. The number of carbonyl (C=O) groups is 8. The quantitative estimate of drug-likeness (QED) is 0.0212. The van der Waals surface area contributed by atoms with Gasteiger partial charge in [-0.2, -0.15) is 14.0 Å². The largest absolute Gasteiger partial charge is 0.466 e. The van der Waals surface area contributed by atoms with E-state index in [0.29, 0.717) is 50.6 Å². The van der Waals surface area contributed by atoms with Crippen LogP contribution in [0, 0.1) is 67.5 Å². The van der Waals surface area contributed by atoms with Gasteiger partial charge in [-0.15, -0.1) is 6.42 Å². The van der Waals surface area contributed by atoms with E-state index in [1.165, 1.54) is 44.0 Å². The number of hydrogen-bond acceptors (Lipinski definition) is 23. The van der Waals surface area contributed by atoms with Gasteiger partial charge < -0.3 is 53.8 Å². The van der Waals surface area contributed by atoms with Gasteiger partial charge in [0.1, 0.15) is 11.5 Å². The first kappa shape index (κ1) is 133. The zero-order chi connectivity index (χ0) is 100. The van der Waals surface area contributed by atoms with Crippen molar-refractivity contribution in [1.29, 1.82) is 5.26 Å². The third-order valence-electron chi connectivity index (χ3n) is 13.7. The van der Waals surface area contributed by atoms with E-state index in [1.54, 1.807) is 71.9 Å². The Bertz CT molecular complexity index is 3700. The predicted molar refractivity (Wildman–Crippen MR) is 497 cm³/mol. The Morgan fingerprint density at radius 1 is 0.597 bits per heavy atom. The first-order chi connectivity index (χ1) is 55.6. The molecule has 2 heterocycles. The number of allylic oxidation sites excluding steroid dienone is 6. The van der Waals surface area contributed by atoms with Gasteiger partial charge in [0, 0.05) is 63.4 Å². The van der Waals surface area contributed by atoms with Crippen LogP contribution in [0.15, 0.2) is 126 Å². The number of thiazole rings is 1. The Morgan fingerprint density at radius 3 is 1.27 bits per heavy atom. The van der Waals surface area contributed by atoms with E-state index in [0.717, 1.165) is 28.5 Å². The highest BCUT2D eigenvalue weighted by Crippen LogP contribution is 2.27. The van der Waals surface area contributed by atoms with Crippen molar-refractivity contribution in [1.82, 2.24) is 20.3 Å². The molecule has 0 fully saturated rings. The predicted octanol–water partition coefficient (Wildman–Crippen LogP) is 20.9. The summed E-state index contributed by atoms with van der Waals surface area (Å²) >= 11 is 0.820. The molecule has 0 aliphatic carbocycles. The molecule has 27 heteroatoms. The molecule has 4 N–H and O–H groups in total. The Kier molecular flexibility index (Phi) is 70.8. The number of methoxy groups -OCH3 is 1. The van der Waals surface area contributed by atoms with Gasteiger partial charge in [-0.05, 0) is 170 Å². The van der Waals surface area contributed by atoms with Crippen molar-refractivity contribution < 1.29 is 100 Å². The summed E-state index contributed by atoms with van der Waals surface area (Å²) in [6.45, 7) is 89.8. The highest BCUT2D eigenvalue weighted by Gasteiger charge is 2.30. The van der Waals surface area contributed by atoms with Gasteiger partial charge in [-0.3, -0.25) is 19.2 Å². The Labute approximate surface area is 749 Å². The van der Waals surface area contributed by atoms with Crippen LogP contribution in [0.4, 0.5) is 13.2 Å². The lowest BCUT2D eigenvalue weighted by Crippen LogP contribution is -2.40. The molecule has 2 rings (SSSR count). The van der Waals surface area contributed by atoms with Gasteiger partial charge in [-0.25, -0.2) is 38.5 Å². The van der Waals surface area contributed by atoms with E-state index < -0.39 is 46.9 Å². The molecule has 2 aromatic rings. The topological polar surface area (TPSA) is 336 Å². The van der Waals surface area contributed by atoms with E-state index in [4.69, 9.17) is 40.1 Å². The summed E-state index contributed by atoms with van der Waals surface area (Å²) in [5.41, 5.74) is 1.20. The number of halogens is 3. The number of hydrogen-bond donors (Lipinski definition) is 4. The molecule has 0 aliphatic heterocycles. The monoisotopic (exact) mass is 1770 g/mol. The average Bonchev–Trinajstić information content (AvgIpc) is 1.07. The lowest BCUT2D eigenvalue weighted by molar-refractivity contribution is -0.141. The van der Waals surface area contributed by atoms with Gasteiger partial charge >= 0.3 is 30.0 Å². The number of aliphatic hydroxyl groups excluding tert-OH is 3. The van der Waals surface area contributed by atoms with Crippen LogP contribution in [0.5, 0.6) is 0 Å². The highest BCUT2D eigenvalue weighted by atomic mass is 32.1. The third kappa shape index (κ3) is 88.2. The summed E-state index contributed by atoms with van der Waals surface area (Å²) in [6.07, 6.45) is 18.2. The minimum atomic E-state index is -0.855. The number of carbonyl (C=O) groups excluding carboxylic acids is 8. The molecule has 124 heavy (non-hydrogen) atoms. The maximum atomic E-state index is 12.4. The number of amides is 1. The highest BCUT2D eigenvalue weighted by molar-refractivity contribution is 7.08. The number of aliphatic hydroxyl groups is 3. The minimum absolute atomic E-state index is 0.00625. The summed E-state index contributed by atoms with van der Waals surface area (Å²) in [7, 11) is 1.34. The number of nitriles is 1. The number of nitrogens with one attached hydrogen (secondary N) is 1. The Morgan fingerprint density at radius 2 is 1.00 bits per heavy atom. The van der Waals surface area contributed by atoms with Crippen LogP contribution in [0.2, 0.25) is 0 Å². The van der Waals surface area contributed by atoms with E-state index in [2.05, 4.69) is 78.0 Å². The standard InChI is InChI=1S/2C10H18O3.C10H16O.2C9H16O3.C9H16O.C8H11FN2OS.C8H11FN2.C8H13FO.C8H13NO.C8H14O/c1-6-13-9(12)7(2)8(11)10(3,4)5;1-5-12-9(11)7-6-8-13-10(2,3)4;1-6-8(2)9(11)7-10(3,4)5;1-9(2,3)12-7-5-6-8(10)11-4;1-5-11-9(10)8(4)6-12-7(2)3;1-7(2)6-8(10)9(3,4)5;1-8(2,3)11-6(12)5-4-13-7(9)10-5;1-8(2,3)6-4-10-7(9)11-5-6;1-6(9)5-7(10)8(2,3)4;1-6(5-9)7(10)8(2,3)4;1-5-6-7(9)8(2,3)4/h8,11H,2,6H2,1,3-5H3;6-7H,5,8H2,1-4H3;1,9,11H,2,7H2,3-5H3;5-6H,7H2,1-4H3;7H,4-6H2,1-3H3;6H,1-5H3;4H,1-3H3,(H,11,12);4-5H,1-3H3;5H,1-4H3;7,10H,1H2,2-4H3;5-6H,1-4H3/b;7-6+;;6-5+;;;;;6-5-;;6-5+. The molecule has 23 nitrogen and oxygen atoms in total. The molecule has 3 unspecified atom stereocenters. The normalized spacial score (nSPS) is 12.2. The van der Waals surface area contributed by atoms with Crippen LogP contribution in [-0.4, -0.2) is 165 Å². The van der Waals surface area contributed by atoms with Crippen molar-refractivity contribution >= 4 is 58.5 Å². The molecule has 0 spiro atoms. The Hall–Kier alpha value is -8.67. The molecule has 0 aromatic carbocycles. The summed E-state index contributed by atoms with van der Waals surface area (Å²) in [5.74, 6) is 0.211. The van der Waals surface area contributed by atoms with Gasteiger partial charge in [0.15, 0.2) is 17.3 Å². The first-order valence-electron chi connectivity index (χ1n) is 40.7. The molecule has 2 aromatic heterocycles. The number of ketones is 3.